The first kappa shape index (κ1) is 9.46. The molecule has 0 fully saturated rings. The van der Waals surface area contributed by atoms with E-state index in [9.17, 15) is 0 Å². The maximum atomic E-state index is 5.60. The number of aryl methyl sites for hydroxylation is 1. The number of hydrogen-bond donors (Lipinski definition) is 0. The van der Waals surface area contributed by atoms with E-state index in [2.05, 4.69) is 43.3 Å². The Hall–Kier alpha value is -1.76. The molecule has 0 saturated carbocycles. The van der Waals surface area contributed by atoms with E-state index in [1.54, 1.807) is 0 Å². The van der Waals surface area contributed by atoms with Crippen molar-refractivity contribution in [2.45, 2.75) is 20.5 Å². The van der Waals surface area contributed by atoms with Crippen LogP contribution >= 0.6 is 0 Å². The molecule has 0 aliphatic carbocycles. The van der Waals surface area contributed by atoms with Crippen molar-refractivity contribution in [3.05, 3.63) is 52.8 Å². The zero-order valence-electron chi connectivity index (χ0n) is 9.58. The molecule has 0 saturated heterocycles. The fourth-order valence-electron chi connectivity index (χ4n) is 2.27. The summed E-state index contributed by atoms with van der Waals surface area (Å²) in [4.78, 5) is 0. The van der Waals surface area contributed by atoms with Gasteiger partial charge in [0.15, 0.2) is 0 Å². The summed E-state index contributed by atoms with van der Waals surface area (Å²) in [6, 6.07) is 11.0. The molecule has 0 amide bonds. The lowest BCUT2D eigenvalue weighted by atomic mass is 9.96. The van der Waals surface area contributed by atoms with Crippen LogP contribution in [0.5, 0.6) is 0 Å². The minimum Gasteiger partial charge on any atom is -0.493 e. The summed E-state index contributed by atoms with van der Waals surface area (Å²) in [5, 5.41) is 2.61. The van der Waals surface area contributed by atoms with Crippen LogP contribution in [0.15, 0.2) is 36.1 Å². The van der Waals surface area contributed by atoms with Gasteiger partial charge in [0.1, 0.15) is 6.61 Å². The smallest absolute Gasteiger partial charge is 0.114 e. The Morgan fingerprint density at radius 3 is 2.81 bits per heavy atom. The molecule has 1 heterocycles. The molecule has 0 radical (unpaired) electrons. The van der Waals surface area contributed by atoms with Gasteiger partial charge in [-0.25, -0.2) is 0 Å². The van der Waals surface area contributed by atoms with Crippen LogP contribution in [0.4, 0.5) is 0 Å². The first-order valence-corrected chi connectivity index (χ1v) is 5.57. The molecule has 0 atom stereocenters. The monoisotopic (exact) mass is 210 g/mol. The fraction of sp³-hybridized carbons (Fsp3) is 0.200. The predicted molar refractivity (Wildman–Crippen MR) is 67.1 cm³/mol. The molecule has 1 heteroatoms. The lowest BCUT2D eigenvalue weighted by Gasteiger charge is -2.18. The van der Waals surface area contributed by atoms with Gasteiger partial charge in [-0.2, -0.15) is 0 Å². The van der Waals surface area contributed by atoms with Gasteiger partial charge >= 0.3 is 0 Å². The highest BCUT2D eigenvalue weighted by Crippen LogP contribution is 2.29. The minimum absolute atomic E-state index is 0.693. The molecule has 16 heavy (non-hydrogen) atoms. The SMILES string of the molecule is CC1=Cc2ccc3cc(C)ccc3c2CO1. The highest BCUT2D eigenvalue weighted by molar-refractivity contribution is 5.89. The van der Waals surface area contributed by atoms with Gasteiger partial charge in [-0.1, -0.05) is 35.9 Å². The molecule has 3 rings (SSSR count). The lowest BCUT2D eigenvalue weighted by Crippen LogP contribution is -2.01. The van der Waals surface area contributed by atoms with Gasteiger partial charge in [-0.15, -0.1) is 0 Å². The van der Waals surface area contributed by atoms with Crippen LogP contribution in [0.3, 0.4) is 0 Å². The van der Waals surface area contributed by atoms with E-state index >= 15 is 0 Å². The maximum absolute atomic E-state index is 5.60. The second-order valence-corrected chi connectivity index (χ2v) is 4.40. The van der Waals surface area contributed by atoms with Crippen molar-refractivity contribution in [2.75, 3.05) is 0 Å². The van der Waals surface area contributed by atoms with Crippen LogP contribution in [-0.4, -0.2) is 0 Å². The Kier molecular flexibility index (Phi) is 2.00. The Balaban J connectivity index is 2.33. The quantitative estimate of drug-likeness (QED) is 0.637. The summed E-state index contributed by atoms with van der Waals surface area (Å²) in [6.45, 7) is 4.82. The third-order valence-electron chi connectivity index (χ3n) is 3.13. The van der Waals surface area contributed by atoms with E-state index in [0.717, 1.165) is 5.76 Å². The van der Waals surface area contributed by atoms with Crippen molar-refractivity contribution in [1.29, 1.82) is 0 Å². The van der Waals surface area contributed by atoms with Gasteiger partial charge in [0.05, 0.1) is 5.76 Å². The van der Waals surface area contributed by atoms with Crippen molar-refractivity contribution < 1.29 is 4.74 Å². The van der Waals surface area contributed by atoms with Gasteiger partial charge in [0, 0.05) is 5.56 Å². The molecular formula is C15H14O. The number of ether oxygens (including phenoxy) is 1. The van der Waals surface area contributed by atoms with Gasteiger partial charge in [0.2, 0.25) is 0 Å². The van der Waals surface area contributed by atoms with E-state index in [1.807, 2.05) is 6.92 Å². The van der Waals surface area contributed by atoms with Crippen molar-refractivity contribution in [3.63, 3.8) is 0 Å². The summed E-state index contributed by atoms with van der Waals surface area (Å²) in [5.41, 5.74) is 3.90. The molecular weight excluding hydrogens is 196 g/mol. The van der Waals surface area contributed by atoms with E-state index in [0.29, 0.717) is 6.61 Å². The summed E-state index contributed by atoms with van der Waals surface area (Å²) in [6.07, 6.45) is 2.11. The molecule has 0 unspecified atom stereocenters. The first-order chi connectivity index (χ1) is 7.74. The molecule has 0 aromatic heterocycles. The zero-order valence-corrected chi connectivity index (χ0v) is 9.58. The lowest BCUT2D eigenvalue weighted by molar-refractivity contribution is 0.200. The Morgan fingerprint density at radius 1 is 1.06 bits per heavy atom. The van der Waals surface area contributed by atoms with Crippen LogP contribution in [0.2, 0.25) is 0 Å². The number of allylic oxidation sites excluding steroid dienone is 1. The third kappa shape index (κ3) is 1.40. The largest absolute Gasteiger partial charge is 0.493 e. The topological polar surface area (TPSA) is 9.23 Å². The molecule has 0 spiro atoms. The number of fused-ring (bicyclic) bond motifs is 3. The van der Waals surface area contributed by atoms with E-state index < -0.39 is 0 Å². The minimum atomic E-state index is 0.693. The second kappa shape index (κ2) is 3.38. The second-order valence-electron chi connectivity index (χ2n) is 4.40. The van der Waals surface area contributed by atoms with Crippen molar-refractivity contribution >= 4 is 16.8 Å². The average Bonchev–Trinajstić information content (AvgIpc) is 2.28. The summed E-state index contributed by atoms with van der Waals surface area (Å²) in [7, 11) is 0. The molecule has 1 aliphatic heterocycles. The van der Waals surface area contributed by atoms with Crippen LogP contribution in [0.25, 0.3) is 16.8 Å². The zero-order chi connectivity index (χ0) is 11.1. The Morgan fingerprint density at radius 2 is 1.94 bits per heavy atom. The number of hydrogen-bond acceptors (Lipinski definition) is 1. The number of benzene rings is 2. The van der Waals surface area contributed by atoms with Crippen LogP contribution in [-0.2, 0) is 11.3 Å². The molecule has 1 aliphatic rings. The van der Waals surface area contributed by atoms with Gasteiger partial charge in [-0.05, 0) is 36.3 Å². The van der Waals surface area contributed by atoms with Gasteiger partial charge < -0.3 is 4.74 Å². The highest BCUT2D eigenvalue weighted by atomic mass is 16.5. The Labute approximate surface area is 95.4 Å². The van der Waals surface area contributed by atoms with Crippen LogP contribution in [0, 0.1) is 6.92 Å². The van der Waals surface area contributed by atoms with Crippen molar-refractivity contribution in [2.24, 2.45) is 0 Å². The average molecular weight is 210 g/mol. The summed E-state index contributed by atoms with van der Waals surface area (Å²) >= 11 is 0. The van der Waals surface area contributed by atoms with Crippen LogP contribution in [0.1, 0.15) is 23.6 Å². The van der Waals surface area contributed by atoms with E-state index in [1.165, 1.54) is 27.5 Å². The van der Waals surface area contributed by atoms with Gasteiger partial charge in [-0.3, -0.25) is 0 Å². The fourth-order valence-corrected chi connectivity index (χ4v) is 2.27. The molecule has 2 aromatic carbocycles. The first-order valence-electron chi connectivity index (χ1n) is 5.57. The Bertz CT molecular complexity index is 594. The van der Waals surface area contributed by atoms with Crippen LogP contribution < -0.4 is 0 Å². The summed E-state index contributed by atoms with van der Waals surface area (Å²) in [5.74, 6) is 0.999. The molecule has 0 bridgehead atoms. The molecule has 2 aromatic rings. The van der Waals surface area contributed by atoms with Crippen molar-refractivity contribution in [3.8, 4) is 0 Å². The van der Waals surface area contributed by atoms with E-state index in [-0.39, 0.29) is 0 Å². The molecule has 1 nitrogen and oxygen atoms in total. The summed E-state index contributed by atoms with van der Waals surface area (Å²) < 4.78 is 5.60. The molecule has 80 valence electrons. The number of rotatable bonds is 0. The predicted octanol–water partition coefficient (Wildman–Crippen LogP) is 4.04. The van der Waals surface area contributed by atoms with E-state index in [4.69, 9.17) is 4.74 Å². The van der Waals surface area contributed by atoms with Crippen molar-refractivity contribution in [1.82, 2.24) is 0 Å². The highest BCUT2D eigenvalue weighted by Gasteiger charge is 2.11. The van der Waals surface area contributed by atoms with Gasteiger partial charge in [0.25, 0.3) is 0 Å². The standard InChI is InChI=1S/C15H14O/c1-10-3-6-14-12(7-10)4-5-13-8-11(2)16-9-15(13)14/h3-8H,9H2,1-2H3. The third-order valence-corrected chi connectivity index (χ3v) is 3.13. The molecule has 0 N–H and O–H groups in total. The normalized spacial score (nSPS) is 14.2. The maximum Gasteiger partial charge on any atom is 0.114 e.